The number of benzene rings is 5. The fraction of sp³-hybridized carbons (Fsp3) is 0.208. The molecule has 7 aromatic rings. The average molecular weight is 839 g/mol. The normalized spacial score (nSPS) is 14.3. The summed E-state index contributed by atoms with van der Waals surface area (Å²) < 4.78 is 0. The first-order valence-corrected chi connectivity index (χ1v) is 17.6. The molecule has 2 aliphatic carbocycles. The minimum atomic E-state index is -0.0490. The van der Waals surface area contributed by atoms with E-state index in [1.165, 1.54) is 60.8 Å². The molecule has 0 unspecified atom stereocenters. The van der Waals surface area contributed by atoms with Crippen LogP contribution >= 0.6 is 0 Å². The minimum Gasteiger partial charge on any atom is -0.305 e. The van der Waals surface area contributed by atoms with Crippen molar-refractivity contribution in [2.24, 2.45) is 0 Å². The number of pyridine rings is 2. The molecule has 0 aliphatic heterocycles. The molecular formula is C48H42IrN2-2. The van der Waals surface area contributed by atoms with E-state index in [0.717, 1.165) is 22.5 Å². The predicted molar refractivity (Wildman–Crippen MR) is 208 cm³/mol. The zero-order valence-corrected chi connectivity index (χ0v) is 32.7. The first-order valence-electron chi connectivity index (χ1n) is 17.6. The first kappa shape index (κ1) is 34.7. The summed E-state index contributed by atoms with van der Waals surface area (Å²) in [4.78, 5) is 8.95. The maximum atomic E-state index is 4.52. The number of aromatic nitrogens is 2. The quantitative estimate of drug-likeness (QED) is 0.162. The summed E-state index contributed by atoms with van der Waals surface area (Å²) in [6.45, 7) is 16.1. The third-order valence-electron chi connectivity index (χ3n) is 10.8. The molecule has 5 aromatic carbocycles. The van der Waals surface area contributed by atoms with Gasteiger partial charge in [-0.25, -0.2) is 0 Å². The Morgan fingerprint density at radius 2 is 1.10 bits per heavy atom. The number of nitrogens with zero attached hydrogens (tertiary/aromatic N) is 2. The molecular weight excluding hydrogens is 797 g/mol. The van der Waals surface area contributed by atoms with E-state index in [1.54, 1.807) is 0 Å². The van der Waals surface area contributed by atoms with E-state index in [9.17, 15) is 0 Å². The molecule has 0 bridgehead atoms. The van der Waals surface area contributed by atoms with Crippen LogP contribution in [0.3, 0.4) is 0 Å². The second kappa shape index (κ2) is 12.8. The number of hydrogen-bond donors (Lipinski definition) is 0. The van der Waals surface area contributed by atoms with Gasteiger partial charge in [-0.3, -0.25) is 0 Å². The number of fused-ring (bicyclic) bond motifs is 8. The Bertz CT molecular complexity index is 2400. The molecule has 0 atom stereocenters. The Balaban J connectivity index is 0.000000164. The summed E-state index contributed by atoms with van der Waals surface area (Å²) in [5, 5.41) is 2.68. The predicted octanol–water partition coefficient (Wildman–Crippen LogP) is 12.2. The van der Waals surface area contributed by atoms with Crippen molar-refractivity contribution < 1.29 is 20.1 Å². The summed E-state index contributed by atoms with van der Waals surface area (Å²) in [6.07, 6.45) is 3.67. The van der Waals surface area contributed by atoms with E-state index in [0.29, 0.717) is 0 Å². The minimum absolute atomic E-state index is 0. The Hall–Kier alpha value is -4.69. The van der Waals surface area contributed by atoms with Gasteiger partial charge in [0.05, 0.1) is 0 Å². The molecule has 2 nitrogen and oxygen atoms in total. The Morgan fingerprint density at radius 3 is 1.69 bits per heavy atom. The largest absolute Gasteiger partial charge is 0.305 e. The Morgan fingerprint density at radius 1 is 0.529 bits per heavy atom. The topological polar surface area (TPSA) is 25.8 Å². The molecule has 0 saturated carbocycles. The summed E-state index contributed by atoms with van der Waals surface area (Å²) in [7, 11) is 0. The van der Waals surface area contributed by atoms with Crippen LogP contribution in [0.25, 0.3) is 55.5 Å². The van der Waals surface area contributed by atoms with E-state index in [2.05, 4.69) is 149 Å². The van der Waals surface area contributed by atoms with Crippen molar-refractivity contribution in [3.05, 3.63) is 168 Å². The molecule has 0 N–H and O–H groups in total. The van der Waals surface area contributed by atoms with Gasteiger partial charge in [-0.2, -0.15) is 0 Å². The number of rotatable bonds is 2. The van der Waals surface area contributed by atoms with Crippen molar-refractivity contribution in [2.75, 3.05) is 0 Å². The van der Waals surface area contributed by atoms with Crippen molar-refractivity contribution in [2.45, 2.75) is 64.7 Å². The van der Waals surface area contributed by atoms with Gasteiger partial charge in [0, 0.05) is 32.5 Å². The van der Waals surface area contributed by atoms with E-state index in [-0.39, 0.29) is 36.4 Å². The number of hydrogen-bond acceptors (Lipinski definition) is 2. The molecule has 51 heavy (non-hydrogen) atoms. The standard InChI is InChI=1S/C28H26N.C20H16N.Ir/c1-27(2,3)20-11-13-21-18(16-20)9-12-22-23-17-19(25-8-6-7-15-29-25)10-14-24(23)28(4,5)26(21)22;1-20(2)17-8-4-3-7-15(17)16-13-14(10-11-18(16)20)19-9-5-6-12-21-19;/h6-9,11-17H,1-5H3;3-9,11-13H,1-2H3;/q2*-1;. The third kappa shape index (κ3) is 5.87. The van der Waals surface area contributed by atoms with Crippen LogP contribution in [0.2, 0.25) is 0 Å². The summed E-state index contributed by atoms with van der Waals surface area (Å²) in [5.74, 6) is 0. The maximum Gasteiger partial charge on any atom is 0.0160 e. The zero-order chi connectivity index (χ0) is 34.8. The van der Waals surface area contributed by atoms with Gasteiger partial charge < -0.3 is 9.97 Å². The van der Waals surface area contributed by atoms with Gasteiger partial charge in [-0.05, 0) is 78.4 Å². The van der Waals surface area contributed by atoms with Gasteiger partial charge in [0.15, 0.2) is 0 Å². The van der Waals surface area contributed by atoms with Gasteiger partial charge >= 0.3 is 0 Å². The SMILES string of the molecule is CC(C)(C)c1ccc2c3c(ccc2c1)-c1cc(-c2ccccn2)[c-]cc1C3(C)C.CC1(C)c2c[c-]c(-c3ccccn3)cc2-c2ccccc21.[Ir]. The smallest absolute Gasteiger partial charge is 0.0160 e. The molecule has 0 spiro atoms. The van der Waals surface area contributed by atoms with Gasteiger partial charge in [-0.1, -0.05) is 138 Å². The van der Waals surface area contributed by atoms with Gasteiger partial charge in [0.1, 0.15) is 0 Å². The molecule has 0 saturated heterocycles. The van der Waals surface area contributed by atoms with Crippen molar-refractivity contribution in [1.82, 2.24) is 9.97 Å². The van der Waals surface area contributed by atoms with E-state index < -0.39 is 0 Å². The Kier molecular flexibility index (Phi) is 8.73. The summed E-state index contributed by atoms with van der Waals surface area (Å²) >= 11 is 0. The van der Waals surface area contributed by atoms with Crippen LogP contribution in [0, 0.1) is 12.1 Å². The molecule has 2 heterocycles. The fourth-order valence-electron chi connectivity index (χ4n) is 8.04. The van der Waals surface area contributed by atoms with Gasteiger partial charge in [0.25, 0.3) is 0 Å². The molecule has 1 radical (unpaired) electrons. The molecule has 255 valence electrons. The third-order valence-corrected chi connectivity index (χ3v) is 10.8. The van der Waals surface area contributed by atoms with E-state index in [1.807, 2.05) is 48.8 Å². The zero-order valence-electron chi connectivity index (χ0n) is 30.4. The van der Waals surface area contributed by atoms with Gasteiger partial charge in [0.2, 0.25) is 0 Å². The average Bonchev–Trinajstić information content (AvgIpc) is 3.51. The van der Waals surface area contributed by atoms with Crippen molar-refractivity contribution in [1.29, 1.82) is 0 Å². The monoisotopic (exact) mass is 839 g/mol. The van der Waals surface area contributed by atoms with Crippen LogP contribution in [0.5, 0.6) is 0 Å². The molecule has 9 rings (SSSR count). The maximum absolute atomic E-state index is 4.52. The van der Waals surface area contributed by atoms with Crippen molar-refractivity contribution >= 4 is 10.8 Å². The molecule has 0 fully saturated rings. The summed E-state index contributed by atoms with van der Waals surface area (Å²) in [6, 6.07) is 48.0. The second-order valence-electron chi connectivity index (χ2n) is 15.7. The second-order valence-corrected chi connectivity index (χ2v) is 15.7. The first-order chi connectivity index (χ1) is 23.9. The molecule has 2 aromatic heterocycles. The summed E-state index contributed by atoms with van der Waals surface area (Å²) in [5.41, 5.74) is 16.4. The van der Waals surface area contributed by atoms with Crippen LogP contribution in [-0.4, -0.2) is 9.97 Å². The molecule has 2 aliphatic rings. The Labute approximate surface area is 316 Å². The van der Waals surface area contributed by atoms with Gasteiger partial charge in [-0.15, -0.1) is 58.7 Å². The van der Waals surface area contributed by atoms with Crippen LogP contribution in [0.4, 0.5) is 0 Å². The van der Waals surface area contributed by atoms with E-state index in [4.69, 9.17) is 0 Å². The van der Waals surface area contributed by atoms with E-state index >= 15 is 0 Å². The molecule has 0 amide bonds. The fourth-order valence-corrected chi connectivity index (χ4v) is 8.04. The molecule has 3 heteroatoms. The van der Waals surface area contributed by atoms with Crippen LogP contribution < -0.4 is 0 Å². The van der Waals surface area contributed by atoms with Crippen molar-refractivity contribution in [3.8, 4) is 44.8 Å². The van der Waals surface area contributed by atoms with Crippen molar-refractivity contribution in [3.63, 3.8) is 0 Å². The van der Waals surface area contributed by atoms with Crippen LogP contribution in [-0.2, 0) is 36.4 Å². The van der Waals surface area contributed by atoms with Crippen LogP contribution in [0.15, 0.2) is 128 Å². The van der Waals surface area contributed by atoms with Crippen LogP contribution in [0.1, 0.15) is 76.3 Å².